The van der Waals surface area contributed by atoms with Crippen molar-refractivity contribution in [1.82, 2.24) is 0 Å². The first-order valence-electron chi connectivity index (χ1n) is 13.4. The molecule has 0 saturated heterocycles. The van der Waals surface area contributed by atoms with Crippen molar-refractivity contribution in [2.24, 2.45) is 0 Å². The lowest BCUT2D eigenvalue weighted by Gasteiger charge is -2.17. The average molecular weight is 543 g/mol. The number of phenols is 1. The van der Waals surface area contributed by atoms with Gasteiger partial charge in [0.1, 0.15) is 11.5 Å². The Bertz CT molecular complexity index is 1370. The number of hydrogen-bond donors (Lipinski definition) is 1. The van der Waals surface area contributed by atoms with Gasteiger partial charge in [-0.05, 0) is 108 Å². The minimum Gasteiger partial charge on any atom is -0.508 e. The lowest BCUT2D eigenvalue weighted by Crippen LogP contribution is -2.02. The number of aryl methyl sites for hydroxylation is 1. The Morgan fingerprint density at radius 2 is 1.68 bits per heavy atom. The van der Waals surface area contributed by atoms with E-state index in [-0.39, 0.29) is 0 Å². The van der Waals surface area contributed by atoms with Crippen LogP contribution in [0.15, 0.2) is 90.3 Å². The molecule has 1 aliphatic carbocycles. The van der Waals surface area contributed by atoms with Gasteiger partial charge < -0.3 is 9.84 Å². The van der Waals surface area contributed by atoms with Crippen LogP contribution in [0.1, 0.15) is 59.2 Å². The second-order valence-corrected chi connectivity index (χ2v) is 12.3. The first kappa shape index (κ1) is 26.5. The minimum atomic E-state index is -0.780. The van der Waals surface area contributed by atoms with Crippen LogP contribution < -0.4 is 4.74 Å². The van der Waals surface area contributed by atoms with E-state index < -0.39 is 10.8 Å². The Morgan fingerprint density at radius 1 is 0.842 bits per heavy atom. The zero-order chi connectivity index (χ0) is 26.2. The molecule has 1 heterocycles. The van der Waals surface area contributed by atoms with Gasteiger partial charge in [-0.15, -0.1) is 11.3 Å². The molecule has 0 amide bonds. The maximum Gasteiger partial charge on any atom is 0.119 e. The monoisotopic (exact) mass is 542 g/mol. The molecule has 0 saturated carbocycles. The van der Waals surface area contributed by atoms with E-state index in [1.807, 2.05) is 17.5 Å². The molecule has 1 unspecified atom stereocenters. The quantitative estimate of drug-likeness (QED) is 0.194. The summed E-state index contributed by atoms with van der Waals surface area (Å²) in [4.78, 5) is 1.20. The fraction of sp³-hybridized carbons (Fsp3) is 0.273. The van der Waals surface area contributed by atoms with Crippen LogP contribution in [0.3, 0.4) is 0 Å². The van der Waals surface area contributed by atoms with Gasteiger partial charge in [0.25, 0.3) is 0 Å². The van der Waals surface area contributed by atoms with Crippen LogP contribution in [0.25, 0.3) is 11.1 Å². The number of unbranched alkanes of at least 4 members (excludes halogenated alkanes) is 2. The third kappa shape index (κ3) is 6.83. The van der Waals surface area contributed by atoms with E-state index in [1.54, 1.807) is 17.4 Å². The Labute approximate surface area is 232 Å². The van der Waals surface area contributed by atoms with E-state index in [0.29, 0.717) is 18.1 Å². The largest absolute Gasteiger partial charge is 0.508 e. The van der Waals surface area contributed by atoms with Gasteiger partial charge in [-0.2, -0.15) is 0 Å². The van der Waals surface area contributed by atoms with Gasteiger partial charge in [0, 0.05) is 21.4 Å². The summed E-state index contributed by atoms with van der Waals surface area (Å²) < 4.78 is 18.3. The highest BCUT2D eigenvalue weighted by atomic mass is 32.2. The highest BCUT2D eigenvalue weighted by Gasteiger charge is 2.20. The molecule has 3 aromatic carbocycles. The maximum atomic E-state index is 12.2. The normalized spacial score (nSPS) is 14.1. The van der Waals surface area contributed by atoms with Crippen molar-refractivity contribution in [1.29, 1.82) is 0 Å². The summed E-state index contributed by atoms with van der Waals surface area (Å²) in [6.45, 7) is 0.664. The molecule has 5 heteroatoms. The Hall–Kier alpha value is -3.15. The van der Waals surface area contributed by atoms with Gasteiger partial charge in [0.05, 0.1) is 12.4 Å². The van der Waals surface area contributed by atoms with Crippen molar-refractivity contribution in [2.45, 2.75) is 44.3 Å². The number of allylic oxidation sites excluding steroid dienone is 1. The Balaban J connectivity index is 1.23. The molecule has 0 spiro atoms. The fourth-order valence-corrected chi connectivity index (χ4v) is 7.35. The molecule has 1 N–H and O–H groups in total. The molecular weight excluding hydrogens is 508 g/mol. The number of hydrogen-bond acceptors (Lipinski definition) is 4. The van der Waals surface area contributed by atoms with Gasteiger partial charge in [-0.1, -0.05) is 54.6 Å². The van der Waals surface area contributed by atoms with Gasteiger partial charge >= 0.3 is 0 Å². The predicted molar refractivity (Wildman–Crippen MR) is 160 cm³/mol. The van der Waals surface area contributed by atoms with Crippen molar-refractivity contribution >= 4 is 33.3 Å². The fourth-order valence-electron chi connectivity index (χ4n) is 5.11. The molecule has 0 radical (unpaired) electrons. The third-order valence-electron chi connectivity index (χ3n) is 6.97. The molecule has 38 heavy (non-hydrogen) atoms. The van der Waals surface area contributed by atoms with Crippen LogP contribution in [0.4, 0.5) is 0 Å². The van der Waals surface area contributed by atoms with Crippen LogP contribution in [0.2, 0.25) is 0 Å². The van der Waals surface area contributed by atoms with Crippen molar-refractivity contribution in [3.8, 4) is 11.5 Å². The summed E-state index contributed by atoms with van der Waals surface area (Å²) >= 11 is 1.68. The summed E-state index contributed by atoms with van der Waals surface area (Å²) in [5, 5.41) is 12.2. The summed E-state index contributed by atoms with van der Waals surface area (Å²) in [7, 11) is -0.780. The van der Waals surface area contributed by atoms with E-state index in [1.165, 1.54) is 38.3 Å². The maximum absolute atomic E-state index is 12.2. The number of ether oxygens (including phenoxy) is 1. The molecule has 196 valence electrons. The van der Waals surface area contributed by atoms with Crippen molar-refractivity contribution < 1.29 is 14.1 Å². The van der Waals surface area contributed by atoms with Crippen molar-refractivity contribution in [3.63, 3.8) is 0 Å². The number of benzene rings is 3. The van der Waals surface area contributed by atoms with Crippen LogP contribution in [-0.2, 0) is 23.0 Å². The highest BCUT2D eigenvalue weighted by Crippen LogP contribution is 2.41. The second-order valence-electron chi connectivity index (χ2n) is 9.72. The minimum absolute atomic E-state index is 0.323. The van der Waals surface area contributed by atoms with Crippen LogP contribution in [0, 0.1) is 0 Å². The summed E-state index contributed by atoms with van der Waals surface area (Å²) in [6.07, 6.45) is 5.93. The number of phenolic OH excluding ortho intramolecular Hbond substituents is 1. The van der Waals surface area contributed by atoms with E-state index in [9.17, 15) is 9.32 Å². The molecule has 0 bridgehead atoms. The third-order valence-corrected chi connectivity index (χ3v) is 9.40. The number of aromatic hydroxyl groups is 1. The van der Waals surface area contributed by atoms with Gasteiger partial charge in [0.15, 0.2) is 0 Å². The smallest absolute Gasteiger partial charge is 0.119 e. The van der Waals surface area contributed by atoms with E-state index in [2.05, 4.69) is 66.7 Å². The van der Waals surface area contributed by atoms with E-state index in [0.717, 1.165) is 50.0 Å². The summed E-state index contributed by atoms with van der Waals surface area (Å²) in [6, 6.07) is 28.9. The van der Waals surface area contributed by atoms with Gasteiger partial charge in [-0.3, -0.25) is 4.21 Å². The number of thiophene rings is 1. The molecule has 1 aliphatic rings. The lowest BCUT2D eigenvalue weighted by molar-refractivity contribution is 0.306. The first-order chi connectivity index (χ1) is 18.7. The first-order valence-corrected chi connectivity index (χ1v) is 15.8. The molecular formula is C33H34O3S2. The molecule has 3 nitrogen and oxygen atoms in total. The molecule has 1 atom stereocenters. The predicted octanol–water partition coefficient (Wildman–Crippen LogP) is 8.25. The number of fused-ring (bicyclic) bond motifs is 1. The topological polar surface area (TPSA) is 46.5 Å². The summed E-state index contributed by atoms with van der Waals surface area (Å²) in [5.74, 6) is 2.62. The van der Waals surface area contributed by atoms with Crippen LogP contribution in [0.5, 0.6) is 11.5 Å². The molecule has 0 fully saturated rings. The molecule has 4 aromatic rings. The highest BCUT2D eigenvalue weighted by molar-refractivity contribution is 7.84. The standard InChI is InChI=1S/C33H34O3S2/c34-28-16-19-32-27(23-28)11-7-13-31(25-9-3-1-4-10-25)33(32)26-14-17-29(18-15-26)36-20-5-2-6-22-38(35)24-30-12-8-21-37-30/h1,3-4,8-10,12,14-19,21,23,34H,2,5-7,11,13,20,22,24H2. The van der Waals surface area contributed by atoms with Crippen LogP contribution in [-0.4, -0.2) is 21.7 Å². The van der Waals surface area contributed by atoms with Gasteiger partial charge in [-0.25, -0.2) is 0 Å². The van der Waals surface area contributed by atoms with Crippen molar-refractivity contribution in [3.05, 3.63) is 117 Å². The van der Waals surface area contributed by atoms with Crippen LogP contribution >= 0.6 is 11.3 Å². The molecule has 5 rings (SSSR count). The zero-order valence-electron chi connectivity index (χ0n) is 21.6. The SMILES string of the molecule is O=S(CCCCCOc1ccc(C2=C(c3ccccc3)CCCc3cc(O)ccc32)cc1)Cc1cccs1. The Kier molecular flexibility index (Phi) is 9.11. The Morgan fingerprint density at radius 3 is 2.47 bits per heavy atom. The second kappa shape index (κ2) is 13.1. The zero-order valence-corrected chi connectivity index (χ0v) is 23.2. The van der Waals surface area contributed by atoms with Gasteiger partial charge in [0.2, 0.25) is 0 Å². The molecule has 0 aliphatic heterocycles. The number of rotatable bonds is 11. The lowest BCUT2D eigenvalue weighted by atomic mass is 9.88. The van der Waals surface area contributed by atoms with E-state index in [4.69, 9.17) is 4.74 Å². The molecule has 1 aromatic heterocycles. The average Bonchev–Trinajstić information content (AvgIpc) is 3.37. The van der Waals surface area contributed by atoms with Crippen molar-refractivity contribution in [2.75, 3.05) is 12.4 Å². The van der Waals surface area contributed by atoms with E-state index >= 15 is 0 Å². The summed E-state index contributed by atoms with van der Waals surface area (Å²) in [5.41, 5.74) is 7.40.